The van der Waals surface area contributed by atoms with Gasteiger partial charge < -0.3 is 19.4 Å². The van der Waals surface area contributed by atoms with Crippen molar-refractivity contribution in [1.29, 1.82) is 0 Å². The van der Waals surface area contributed by atoms with Crippen LogP contribution in [0.4, 0.5) is 0 Å². The van der Waals surface area contributed by atoms with Crippen LogP contribution in [0.25, 0.3) is 0 Å². The zero-order valence-corrected chi connectivity index (χ0v) is 45.2. The van der Waals surface area contributed by atoms with Gasteiger partial charge in [-0.15, -0.1) is 0 Å². The van der Waals surface area contributed by atoms with E-state index < -0.39 is 20.0 Å². The van der Waals surface area contributed by atoms with Gasteiger partial charge in [-0.1, -0.05) is 202 Å². The van der Waals surface area contributed by atoms with Crippen LogP contribution in [0.1, 0.15) is 207 Å². The van der Waals surface area contributed by atoms with Gasteiger partial charge >= 0.3 is 13.8 Å². The number of unbranched alkanes of at least 4 members (excludes halogenated alkanes) is 19. The maximum absolute atomic E-state index is 13.5. The summed E-state index contributed by atoms with van der Waals surface area (Å²) in [6.45, 7) is 6.70. The van der Waals surface area contributed by atoms with Crippen molar-refractivity contribution in [3.05, 3.63) is 97.2 Å². The summed E-state index contributed by atoms with van der Waals surface area (Å²) in [5.41, 5.74) is 0. The number of nitrogens with one attached hydrogen (secondary N) is 1. The fourth-order valence-corrected chi connectivity index (χ4v) is 7.90. The Morgan fingerprint density at radius 3 is 1.59 bits per heavy atom. The number of quaternary nitrogens is 1. The molecule has 3 unspecified atom stereocenters. The Bertz CT molecular complexity index is 1490. The Kier molecular flexibility index (Phi) is 45.5. The molecule has 0 rings (SSSR count). The first kappa shape index (κ1) is 64.9. The number of rotatable bonds is 47. The lowest BCUT2D eigenvalue weighted by Crippen LogP contribution is -2.47. The number of allylic oxidation sites excluding steroid dienone is 15. The summed E-state index contributed by atoms with van der Waals surface area (Å²) < 4.78 is 30.5. The molecule has 0 saturated heterocycles. The SMILES string of the molecule is CC/C=C/C=C/C=C\CCCCCCCC(=O)OC(/C=C/CCCCCCCCCCCCC)C(COP(=O)(O)OCC[N+](C)(C)C)NC(=O)CCCCC/C=C/C/C=C/C/C=C/C/C=C/CC. The summed E-state index contributed by atoms with van der Waals surface area (Å²) in [4.78, 5) is 37.5. The van der Waals surface area contributed by atoms with Crippen LogP contribution in [0.2, 0.25) is 0 Å². The molecule has 0 aromatic carbocycles. The van der Waals surface area contributed by atoms with E-state index in [0.29, 0.717) is 23.9 Å². The Morgan fingerprint density at radius 1 is 0.544 bits per heavy atom. The highest BCUT2D eigenvalue weighted by Gasteiger charge is 2.30. The van der Waals surface area contributed by atoms with Crippen molar-refractivity contribution in [2.24, 2.45) is 0 Å². The topological polar surface area (TPSA) is 111 Å². The van der Waals surface area contributed by atoms with E-state index in [9.17, 15) is 19.0 Å². The lowest BCUT2D eigenvalue weighted by molar-refractivity contribution is -0.870. The van der Waals surface area contributed by atoms with E-state index >= 15 is 0 Å². The van der Waals surface area contributed by atoms with Crippen molar-refractivity contribution >= 4 is 19.7 Å². The molecule has 0 spiro atoms. The van der Waals surface area contributed by atoms with E-state index in [4.69, 9.17) is 13.8 Å². The second-order valence-corrected chi connectivity index (χ2v) is 20.5. The van der Waals surface area contributed by atoms with Crippen LogP contribution < -0.4 is 5.32 Å². The maximum Gasteiger partial charge on any atom is 0.472 e. The van der Waals surface area contributed by atoms with Gasteiger partial charge in [0.05, 0.1) is 33.8 Å². The smallest absolute Gasteiger partial charge is 0.456 e. The quantitative estimate of drug-likeness (QED) is 0.0156. The average molecular weight is 970 g/mol. The third-order valence-corrected chi connectivity index (χ3v) is 12.3. The number of amides is 1. The fraction of sp³-hybridized carbons (Fsp3) is 0.690. The summed E-state index contributed by atoms with van der Waals surface area (Å²) in [6.07, 6.45) is 62.6. The molecule has 0 fully saturated rings. The Morgan fingerprint density at radius 2 is 1.01 bits per heavy atom. The molecule has 390 valence electrons. The van der Waals surface area contributed by atoms with E-state index in [1.54, 1.807) is 0 Å². The highest BCUT2D eigenvalue weighted by molar-refractivity contribution is 7.47. The van der Waals surface area contributed by atoms with Crippen LogP contribution in [0.3, 0.4) is 0 Å². The summed E-state index contributed by atoms with van der Waals surface area (Å²) >= 11 is 0. The van der Waals surface area contributed by atoms with Crippen LogP contribution in [-0.4, -0.2) is 74.3 Å². The molecule has 0 aromatic heterocycles. The van der Waals surface area contributed by atoms with Gasteiger partial charge in [-0.2, -0.15) is 0 Å². The third kappa shape index (κ3) is 48.0. The number of likely N-dealkylation sites (N-methyl/N-ethyl adjacent to an activating group) is 1. The zero-order valence-electron chi connectivity index (χ0n) is 44.3. The number of hydrogen-bond donors (Lipinski definition) is 2. The summed E-state index contributed by atoms with van der Waals surface area (Å²) in [5.74, 6) is -0.574. The highest BCUT2D eigenvalue weighted by atomic mass is 31.2. The molecule has 0 aliphatic carbocycles. The van der Waals surface area contributed by atoms with Crippen molar-refractivity contribution in [1.82, 2.24) is 5.32 Å². The van der Waals surface area contributed by atoms with E-state index in [0.717, 1.165) is 103 Å². The molecule has 68 heavy (non-hydrogen) atoms. The van der Waals surface area contributed by atoms with Gasteiger partial charge in [0.2, 0.25) is 5.91 Å². The average Bonchev–Trinajstić information content (AvgIpc) is 3.29. The number of carbonyl (C=O) groups is 2. The standard InChI is InChI=1S/C58H101N2O7P/c1-7-10-13-16-19-22-25-28-29-30-33-35-38-41-44-47-50-57(61)59-55(54-66-68(63,64)65-53-52-60(4,5)6)56(49-46-43-40-37-34-31-26-23-20-17-14-11-8-2)67-58(62)51-48-45-42-39-36-32-27-24-21-18-15-12-9-3/h10,12-13,15,18-19,21-22,24,27-29,33,35,46,49,55-56H,7-9,11,14,16-17,20,23,25-26,30-32,34,36-45,47-48,50-54H2,1-6H3,(H-,59,61,63,64)/p+1/b13-10+,15-12+,21-18+,22-19+,27-24-,29-28+,35-33+,49-46+. The number of phosphoric ester groups is 1. The number of phosphoric acid groups is 1. The molecule has 3 atom stereocenters. The second kappa shape index (κ2) is 47.6. The van der Waals surface area contributed by atoms with Crippen LogP contribution in [0, 0.1) is 0 Å². The van der Waals surface area contributed by atoms with Crippen LogP contribution in [0.5, 0.6) is 0 Å². The Hall–Kier alpha value is -3.07. The first-order valence-electron chi connectivity index (χ1n) is 27.1. The molecular weight excluding hydrogens is 868 g/mol. The number of nitrogens with zero attached hydrogens (tertiary/aromatic N) is 1. The number of hydrogen-bond acceptors (Lipinski definition) is 6. The first-order chi connectivity index (χ1) is 32.9. The van der Waals surface area contributed by atoms with Crippen molar-refractivity contribution in [3.63, 3.8) is 0 Å². The third-order valence-electron chi connectivity index (χ3n) is 11.3. The summed E-state index contributed by atoms with van der Waals surface area (Å²) in [7, 11) is 1.45. The fourth-order valence-electron chi connectivity index (χ4n) is 7.16. The van der Waals surface area contributed by atoms with Gasteiger partial charge in [-0.05, 0) is 89.5 Å². The zero-order chi connectivity index (χ0) is 50.1. The van der Waals surface area contributed by atoms with Crippen molar-refractivity contribution in [2.75, 3.05) is 40.9 Å². The number of carbonyl (C=O) groups excluding carboxylic acids is 2. The van der Waals surface area contributed by atoms with Crippen molar-refractivity contribution < 1.29 is 37.3 Å². The van der Waals surface area contributed by atoms with Crippen molar-refractivity contribution in [3.8, 4) is 0 Å². The van der Waals surface area contributed by atoms with Gasteiger partial charge in [-0.3, -0.25) is 18.6 Å². The van der Waals surface area contributed by atoms with Crippen molar-refractivity contribution in [2.45, 2.75) is 219 Å². The van der Waals surface area contributed by atoms with Gasteiger partial charge in [0.25, 0.3) is 0 Å². The first-order valence-corrected chi connectivity index (χ1v) is 28.6. The maximum atomic E-state index is 13.5. The molecule has 0 aromatic rings. The molecule has 10 heteroatoms. The van der Waals surface area contributed by atoms with Crippen LogP contribution in [0.15, 0.2) is 97.2 Å². The molecule has 0 aliphatic heterocycles. The van der Waals surface area contributed by atoms with E-state index in [-0.39, 0.29) is 37.9 Å². The predicted molar refractivity (Wildman–Crippen MR) is 290 cm³/mol. The summed E-state index contributed by atoms with van der Waals surface area (Å²) in [5, 5.41) is 3.02. The number of ether oxygens (including phenoxy) is 1. The molecular formula is C58H102N2O7P+. The molecule has 1 amide bonds. The predicted octanol–water partition coefficient (Wildman–Crippen LogP) is 16.0. The number of esters is 1. The van der Waals surface area contributed by atoms with Crippen LogP contribution >= 0.6 is 7.82 Å². The molecule has 0 saturated carbocycles. The molecule has 0 radical (unpaired) electrons. The van der Waals surface area contributed by atoms with E-state index in [2.05, 4.69) is 105 Å². The minimum atomic E-state index is -4.46. The normalized spacial score (nSPS) is 14.6. The Balaban J connectivity index is 5.51. The van der Waals surface area contributed by atoms with Gasteiger partial charge in [-0.25, -0.2) is 4.57 Å². The molecule has 0 aliphatic rings. The minimum Gasteiger partial charge on any atom is -0.456 e. The largest absolute Gasteiger partial charge is 0.472 e. The van der Waals surface area contributed by atoms with Gasteiger partial charge in [0, 0.05) is 12.8 Å². The van der Waals surface area contributed by atoms with Crippen LogP contribution in [-0.2, 0) is 27.9 Å². The molecule has 0 heterocycles. The monoisotopic (exact) mass is 970 g/mol. The molecule has 2 N–H and O–H groups in total. The lowest BCUT2D eigenvalue weighted by atomic mass is 10.0. The second-order valence-electron chi connectivity index (χ2n) is 19.0. The summed E-state index contributed by atoms with van der Waals surface area (Å²) in [6, 6.07) is -0.877. The Labute approximate surface area is 418 Å². The molecule has 0 bridgehead atoms. The highest BCUT2D eigenvalue weighted by Crippen LogP contribution is 2.43. The lowest BCUT2D eigenvalue weighted by Gasteiger charge is -2.27. The van der Waals surface area contributed by atoms with Gasteiger partial charge in [0.1, 0.15) is 19.3 Å². The minimum absolute atomic E-state index is 0.0253. The van der Waals surface area contributed by atoms with E-state index in [1.165, 1.54) is 57.8 Å². The van der Waals surface area contributed by atoms with E-state index in [1.807, 2.05) is 39.4 Å². The molecule has 9 nitrogen and oxygen atoms in total. The van der Waals surface area contributed by atoms with Gasteiger partial charge in [0.15, 0.2) is 0 Å².